The average Bonchev–Trinajstić information content (AvgIpc) is 2.61. The quantitative estimate of drug-likeness (QED) is 0.578. The van der Waals surface area contributed by atoms with E-state index in [0.717, 1.165) is 30.4 Å². The SMILES string of the molecule is O=C(NO)c1ccc2c(c1)CCN(C(=O)NC1CCCCC1)C2. The number of urea groups is 1. The average molecular weight is 317 g/mol. The molecule has 0 aromatic heterocycles. The van der Waals surface area contributed by atoms with Crippen LogP contribution in [0, 0.1) is 0 Å². The first-order valence-electron chi connectivity index (χ1n) is 8.29. The Hall–Kier alpha value is -2.08. The molecule has 124 valence electrons. The maximum absolute atomic E-state index is 12.4. The summed E-state index contributed by atoms with van der Waals surface area (Å²) in [5.41, 5.74) is 4.21. The molecule has 3 rings (SSSR count). The highest BCUT2D eigenvalue weighted by atomic mass is 16.5. The van der Waals surface area contributed by atoms with Crippen LogP contribution in [0.4, 0.5) is 4.79 Å². The van der Waals surface area contributed by atoms with E-state index in [1.165, 1.54) is 19.3 Å². The van der Waals surface area contributed by atoms with Crippen LogP contribution in [0.5, 0.6) is 0 Å². The first-order valence-corrected chi connectivity index (χ1v) is 8.29. The van der Waals surface area contributed by atoms with Crippen molar-refractivity contribution in [1.82, 2.24) is 15.7 Å². The van der Waals surface area contributed by atoms with Gasteiger partial charge in [-0.3, -0.25) is 10.0 Å². The Morgan fingerprint density at radius 1 is 1.13 bits per heavy atom. The van der Waals surface area contributed by atoms with E-state index in [1.54, 1.807) is 17.6 Å². The van der Waals surface area contributed by atoms with E-state index in [2.05, 4.69) is 5.32 Å². The summed E-state index contributed by atoms with van der Waals surface area (Å²) in [6.45, 7) is 1.21. The lowest BCUT2D eigenvalue weighted by Gasteiger charge is -2.32. The molecule has 2 aliphatic rings. The van der Waals surface area contributed by atoms with Crippen LogP contribution in [0.3, 0.4) is 0 Å². The van der Waals surface area contributed by atoms with Gasteiger partial charge in [-0.1, -0.05) is 25.3 Å². The fourth-order valence-electron chi connectivity index (χ4n) is 3.44. The van der Waals surface area contributed by atoms with E-state index < -0.39 is 5.91 Å². The number of amides is 3. The predicted molar refractivity (Wildman–Crippen MR) is 85.2 cm³/mol. The summed E-state index contributed by atoms with van der Waals surface area (Å²) in [5, 5.41) is 11.9. The molecule has 0 atom stereocenters. The Kier molecular flexibility index (Phi) is 4.81. The van der Waals surface area contributed by atoms with Crippen molar-refractivity contribution in [2.45, 2.75) is 51.1 Å². The molecule has 1 aliphatic carbocycles. The van der Waals surface area contributed by atoms with Gasteiger partial charge in [0.1, 0.15) is 0 Å². The summed E-state index contributed by atoms with van der Waals surface area (Å²) in [5.74, 6) is -0.509. The second-order valence-electron chi connectivity index (χ2n) is 6.38. The van der Waals surface area contributed by atoms with Gasteiger partial charge in [0.15, 0.2) is 0 Å². The minimum atomic E-state index is -0.509. The molecule has 1 aromatic carbocycles. The van der Waals surface area contributed by atoms with Gasteiger partial charge in [-0.15, -0.1) is 0 Å². The number of hydrogen-bond donors (Lipinski definition) is 3. The van der Waals surface area contributed by atoms with Crippen molar-refractivity contribution in [3.05, 3.63) is 34.9 Å². The molecule has 3 N–H and O–H groups in total. The molecular formula is C17H23N3O3. The normalized spacial score (nSPS) is 18.2. The van der Waals surface area contributed by atoms with E-state index in [4.69, 9.17) is 5.21 Å². The summed E-state index contributed by atoms with van der Waals surface area (Å²) in [6.07, 6.45) is 6.55. The fourth-order valence-corrected chi connectivity index (χ4v) is 3.44. The summed E-state index contributed by atoms with van der Waals surface area (Å²) < 4.78 is 0. The standard InChI is InChI=1S/C17H23N3O3/c21-16(19-23)13-6-7-14-11-20(9-8-12(14)10-13)17(22)18-15-4-2-1-3-5-15/h6-7,10,15,23H,1-5,8-9,11H2,(H,18,22)(H,19,21). The van der Waals surface area contributed by atoms with Crippen LogP contribution in [-0.2, 0) is 13.0 Å². The number of hydroxylamine groups is 1. The minimum Gasteiger partial charge on any atom is -0.335 e. The van der Waals surface area contributed by atoms with Crippen molar-refractivity contribution in [2.24, 2.45) is 0 Å². The Labute approximate surface area is 135 Å². The lowest BCUT2D eigenvalue weighted by atomic mass is 9.95. The molecule has 0 radical (unpaired) electrons. The van der Waals surface area contributed by atoms with Gasteiger partial charge in [-0.05, 0) is 42.5 Å². The molecule has 0 spiro atoms. The molecule has 0 unspecified atom stereocenters. The number of nitrogens with zero attached hydrogens (tertiary/aromatic N) is 1. The third-order valence-electron chi connectivity index (χ3n) is 4.80. The lowest BCUT2D eigenvalue weighted by Crippen LogP contribution is -2.47. The molecule has 0 bridgehead atoms. The molecule has 1 heterocycles. The highest BCUT2D eigenvalue weighted by Crippen LogP contribution is 2.22. The van der Waals surface area contributed by atoms with Crippen molar-refractivity contribution in [2.75, 3.05) is 6.54 Å². The van der Waals surface area contributed by atoms with Gasteiger partial charge in [-0.2, -0.15) is 0 Å². The number of nitrogens with one attached hydrogen (secondary N) is 2. The topological polar surface area (TPSA) is 81.7 Å². The van der Waals surface area contributed by atoms with E-state index in [9.17, 15) is 9.59 Å². The summed E-state index contributed by atoms with van der Waals surface area (Å²) in [6, 6.07) is 5.65. The fraction of sp³-hybridized carbons (Fsp3) is 0.529. The molecule has 1 aromatic rings. The number of carbonyl (C=O) groups is 2. The Morgan fingerprint density at radius 3 is 2.65 bits per heavy atom. The monoisotopic (exact) mass is 317 g/mol. The van der Waals surface area contributed by atoms with Gasteiger partial charge in [0.05, 0.1) is 0 Å². The van der Waals surface area contributed by atoms with Crippen LogP contribution in [0.2, 0.25) is 0 Å². The van der Waals surface area contributed by atoms with Crippen LogP contribution < -0.4 is 10.8 Å². The predicted octanol–water partition coefficient (Wildman–Crippen LogP) is 2.21. The van der Waals surface area contributed by atoms with Gasteiger partial charge < -0.3 is 10.2 Å². The van der Waals surface area contributed by atoms with Crippen molar-refractivity contribution >= 4 is 11.9 Å². The zero-order valence-corrected chi connectivity index (χ0v) is 13.2. The first kappa shape index (κ1) is 15.8. The zero-order chi connectivity index (χ0) is 16.2. The maximum Gasteiger partial charge on any atom is 0.317 e. The second kappa shape index (κ2) is 7.00. The molecule has 6 nitrogen and oxygen atoms in total. The molecule has 23 heavy (non-hydrogen) atoms. The van der Waals surface area contributed by atoms with Gasteiger partial charge in [0, 0.05) is 24.7 Å². The minimum absolute atomic E-state index is 0.0136. The number of rotatable bonds is 2. The zero-order valence-electron chi connectivity index (χ0n) is 13.2. The maximum atomic E-state index is 12.4. The van der Waals surface area contributed by atoms with E-state index in [1.807, 2.05) is 11.0 Å². The number of hydrogen-bond acceptors (Lipinski definition) is 3. The summed E-state index contributed by atoms with van der Waals surface area (Å²) in [7, 11) is 0. The Morgan fingerprint density at radius 2 is 1.91 bits per heavy atom. The number of fused-ring (bicyclic) bond motifs is 1. The van der Waals surface area contributed by atoms with Crippen LogP contribution in [0.1, 0.15) is 53.6 Å². The molecule has 1 fully saturated rings. The van der Waals surface area contributed by atoms with Crippen molar-refractivity contribution < 1.29 is 14.8 Å². The Bertz CT molecular complexity index is 597. The van der Waals surface area contributed by atoms with E-state index >= 15 is 0 Å². The van der Waals surface area contributed by atoms with Crippen LogP contribution in [-0.4, -0.2) is 34.6 Å². The lowest BCUT2D eigenvalue weighted by molar-refractivity contribution is 0.0706. The van der Waals surface area contributed by atoms with Crippen molar-refractivity contribution in [1.29, 1.82) is 0 Å². The highest BCUT2D eigenvalue weighted by Gasteiger charge is 2.24. The van der Waals surface area contributed by atoms with Crippen molar-refractivity contribution in [3.8, 4) is 0 Å². The van der Waals surface area contributed by atoms with E-state index in [-0.39, 0.29) is 6.03 Å². The Balaban J connectivity index is 1.63. The molecule has 6 heteroatoms. The molecular weight excluding hydrogens is 294 g/mol. The largest absolute Gasteiger partial charge is 0.335 e. The number of benzene rings is 1. The van der Waals surface area contributed by atoms with Gasteiger partial charge in [-0.25, -0.2) is 10.3 Å². The summed E-state index contributed by atoms with van der Waals surface area (Å²) in [4.78, 5) is 25.7. The summed E-state index contributed by atoms with van der Waals surface area (Å²) >= 11 is 0. The van der Waals surface area contributed by atoms with Crippen LogP contribution in [0.25, 0.3) is 0 Å². The third kappa shape index (κ3) is 3.64. The van der Waals surface area contributed by atoms with E-state index in [0.29, 0.717) is 24.7 Å². The van der Waals surface area contributed by atoms with Crippen molar-refractivity contribution in [3.63, 3.8) is 0 Å². The number of carbonyl (C=O) groups excluding carboxylic acids is 2. The molecule has 0 saturated heterocycles. The van der Waals surface area contributed by atoms with Gasteiger partial charge in [0.25, 0.3) is 5.91 Å². The second-order valence-corrected chi connectivity index (χ2v) is 6.38. The third-order valence-corrected chi connectivity index (χ3v) is 4.80. The van der Waals surface area contributed by atoms with Gasteiger partial charge >= 0.3 is 6.03 Å². The molecule has 1 saturated carbocycles. The highest BCUT2D eigenvalue weighted by molar-refractivity contribution is 5.93. The molecule has 3 amide bonds. The smallest absolute Gasteiger partial charge is 0.317 e. The van der Waals surface area contributed by atoms with Gasteiger partial charge in [0.2, 0.25) is 0 Å². The first-order chi connectivity index (χ1) is 11.2. The molecule has 1 aliphatic heterocycles. The van der Waals surface area contributed by atoms with Crippen LogP contribution >= 0.6 is 0 Å². The van der Waals surface area contributed by atoms with Crippen LogP contribution in [0.15, 0.2) is 18.2 Å².